The van der Waals surface area contributed by atoms with Crippen molar-refractivity contribution >= 4 is 5.97 Å². The molecule has 0 spiro atoms. The zero-order valence-corrected chi connectivity index (χ0v) is 15.2. The van der Waals surface area contributed by atoms with Crippen LogP contribution in [0.25, 0.3) is 0 Å². The minimum atomic E-state index is -0.145. The van der Waals surface area contributed by atoms with E-state index in [0.29, 0.717) is 6.42 Å². The number of allylic oxidation sites excluding steroid dienone is 7. The third-order valence-electron chi connectivity index (χ3n) is 3.90. The van der Waals surface area contributed by atoms with Gasteiger partial charge in [-0.3, -0.25) is 4.79 Å². The molecule has 1 rings (SSSR count). The quantitative estimate of drug-likeness (QED) is 0.151. The van der Waals surface area contributed by atoms with Gasteiger partial charge in [0.1, 0.15) is 6.10 Å². The molecule has 0 unspecified atom stereocenters. The van der Waals surface area contributed by atoms with Crippen molar-refractivity contribution < 1.29 is 14.3 Å². The molecule has 134 valence electrons. The van der Waals surface area contributed by atoms with Crippen molar-refractivity contribution in [3.05, 3.63) is 48.6 Å². The highest BCUT2D eigenvalue weighted by molar-refractivity contribution is 5.68. The second-order valence-electron chi connectivity index (χ2n) is 6.01. The Morgan fingerprint density at radius 3 is 2.67 bits per heavy atom. The molecule has 0 radical (unpaired) electrons. The molecule has 2 atom stereocenters. The van der Waals surface area contributed by atoms with Crippen LogP contribution in [0.5, 0.6) is 0 Å². The minimum Gasteiger partial charge on any atom is -0.469 e. The molecule has 1 aliphatic rings. The molecule has 3 nitrogen and oxygen atoms in total. The third-order valence-corrected chi connectivity index (χ3v) is 3.90. The Morgan fingerprint density at radius 1 is 1.04 bits per heavy atom. The lowest BCUT2D eigenvalue weighted by molar-refractivity contribution is -0.140. The highest BCUT2D eigenvalue weighted by Gasteiger charge is 2.35. The predicted molar refractivity (Wildman–Crippen MR) is 99.8 cm³/mol. The van der Waals surface area contributed by atoms with Crippen LogP contribution < -0.4 is 0 Å². The van der Waals surface area contributed by atoms with E-state index in [-0.39, 0.29) is 18.2 Å². The summed E-state index contributed by atoms with van der Waals surface area (Å²) in [5.74, 6) is -0.145. The zero-order valence-electron chi connectivity index (χ0n) is 15.2. The molecule has 0 aromatic carbocycles. The van der Waals surface area contributed by atoms with Crippen LogP contribution in [0.4, 0.5) is 0 Å². The van der Waals surface area contributed by atoms with E-state index in [9.17, 15) is 4.79 Å². The number of epoxide rings is 1. The average molecular weight is 332 g/mol. The lowest BCUT2D eigenvalue weighted by atomic mass is 10.1. The standard InChI is InChI=1S/C21H32O3/c1-3-4-5-6-7-8-9-10-11-12-13-14-16-19-20(24-19)17-15-18-21(22)23-2/h7-8,10-14,16,19-20H,3-6,9,15,17-18H2,1-2H3/b8-7-,11-10+,13-12+,16-14+/t19-,20-/m0/s1. The van der Waals surface area contributed by atoms with Gasteiger partial charge in [0.25, 0.3) is 0 Å². The van der Waals surface area contributed by atoms with Gasteiger partial charge in [-0.25, -0.2) is 0 Å². The van der Waals surface area contributed by atoms with Gasteiger partial charge in [-0.2, -0.15) is 0 Å². The van der Waals surface area contributed by atoms with Gasteiger partial charge < -0.3 is 9.47 Å². The van der Waals surface area contributed by atoms with Crippen LogP contribution in [0, 0.1) is 0 Å². The predicted octanol–water partition coefficient (Wildman–Crippen LogP) is 5.29. The summed E-state index contributed by atoms with van der Waals surface area (Å²) in [5, 5.41) is 0. The minimum absolute atomic E-state index is 0.145. The Labute approximate surface area is 147 Å². The van der Waals surface area contributed by atoms with Crippen LogP contribution in [0.1, 0.15) is 58.3 Å². The smallest absolute Gasteiger partial charge is 0.305 e. The number of methoxy groups -OCH3 is 1. The van der Waals surface area contributed by atoms with Crippen molar-refractivity contribution in [1.29, 1.82) is 0 Å². The molecule has 0 N–H and O–H groups in total. The zero-order chi connectivity index (χ0) is 17.5. The second-order valence-corrected chi connectivity index (χ2v) is 6.01. The van der Waals surface area contributed by atoms with E-state index in [4.69, 9.17) is 4.74 Å². The monoisotopic (exact) mass is 332 g/mol. The summed E-state index contributed by atoms with van der Waals surface area (Å²) < 4.78 is 10.1. The highest BCUT2D eigenvalue weighted by atomic mass is 16.6. The lowest BCUT2D eigenvalue weighted by Gasteiger charge is -1.96. The molecule has 1 heterocycles. The van der Waals surface area contributed by atoms with Gasteiger partial charge in [-0.05, 0) is 32.1 Å². The van der Waals surface area contributed by atoms with Gasteiger partial charge in [0, 0.05) is 6.42 Å². The fourth-order valence-corrected chi connectivity index (χ4v) is 2.37. The molecule has 0 aromatic rings. The topological polar surface area (TPSA) is 38.8 Å². The summed E-state index contributed by atoms with van der Waals surface area (Å²) in [6.45, 7) is 2.23. The maximum Gasteiger partial charge on any atom is 0.305 e. The largest absolute Gasteiger partial charge is 0.469 e. The van der Waals surface area contributed by atoms with Crippen LogP contribution >= 0.6 is 0 Å². The summed E-state index contributed by atoms with van der Waals surface area (Å²) in [4.78, 5) is 11.0. The number of hydrogen-bond acceptors (Lipinski definition) is 3. The summed E-state index contributed by atoms with van der Waals surface area (Å²) >= 11 is 0. The molecular formula is C21H32O3. The number of carbonyl (C=O) groups is 1. The molecule has 24 heavy (non-hydrogen) atoms. The van der Waals surface area contributed by atoms with E-state index in [1.54, 1.807) is 0 Å². The van der Waals surface area contributed by atoms with Crippen LogP contribution in [-0.4, -0.2) is 25.3 Å². The van der Waals surface area contributed by atoms with E-state index in [0.717, 1.165) is 19.3 Å². The van der Waals surface area contributed by atoms with E-state index in [2.05, 4.69) is 42.0 Å². The number of hydrogen-bond donors (Lipinski definition) is 0. The Hall–Kier alpha value is -1.61. The summed E-state index contributed by atoms with van der Waals surface area (Å²) in [6.07, 6.45) is 25.7. The van der Waals surface area contributed by atoms with E-state index in [1.165, 1.54) is 32.8 Å². The number of unbranched alkanes of at least 4 members (excludes halogenated alkanes) is 3. The molecular weight excluding hydrogens is 300 g/mol. The molecule has 0 saturated carbocycles. The van der Waals surface area contributed by atoms with Crippen LogP contribution in [0.2, 0.25) is 0 Å². The van der Waals surface area contributed by atoms with Crippen molar-refractivity contribution in [2.45, 2.75) is 70.5 Å². The molecule has 1 aliphatic heterocycles. The molecule has 3 heteroatoms. The van der Waals surface area contributed by atoms with Crippen molar-refractivity contribution in [2.75, 3.05) is 7.11 Å². The number of ether oxygens (including phenoxy) is 2. The number of rotatable bonds is 13. The van der Waals surface area contributed by atoms with Gasteiger partial charge in [-0.15, -0.1) is 0 Å². The first kappa shape index (κ1) is 20.4. The Balaban J connectivity index is 2.00. The van der Waals surface area contributed by atoms with Gasteiger partial charge >= 0.3 is 5.97 Å². The summed E-state index contributed by atoms with van der Waals surface area (Å²) in [7, 11) is 1.42. The molecule has 1 saturated heterocycles. The second kappa shape index (κ2) is 13.8. The highest BCUT2D eigenvalue weighted by Crippen LogP contribution is 2.28. The number of esters is 1. The first-order valence-corrected chi connectivity index (χ1v) is 9.15. The van der Waals surface area contributed by atoms with Gasteiger partial charge in [0.05, 0.1) is 13.2 Å². The fraction of sp³-hybridized carbons (Fsp3) is 0.571. The van der Waals surface area contributed by atoms with Gasteiger partial charge in [0.2, 0.25) is 0 Å². The van der Waals surface area contributed by atoms with Gasteiger partial charge in [-0.1, -0.05) is 68.4 Å². The maximum absolute atomic E-state index is 11.0. The molecule has 0 bridgehead atoms. The Bertz CT molecular complexity index is 446. The van der Waals surface area contributed by atoms with E-state index in [1.807, 2.05) is 18.2 Å². The number of carbonyl (C=O) groups excluding carboxylic acids is 1. The molecule has 0 aromatic heterocycles. The van der Waals surface area contributed by atoms with Crippen molar-refractivity contribution in [2.24, 2.45) is 0 Å². The first-order valence-electron chi connectivity index (χ1n) is 9.15. The normalized spacial score (nSPS) is 20.8. The first-order chi connectivity index (χ1) is 11.8. The van der Waals surface area contributed by atoms with Crippen LogP contribution in [0.15, 0.2) is 48.6 Å². The van der Waals surface area contributed by atoms with Crippen LogP contribution in [0.3, 0.4) is 0 Å². The lowest BCUT2D eigenvalue weighted by Crippen LogP contribution is -2.01. The van der Waals surface area contributed by atoms with Gasteiger partial charge in [0.15, 0.2) is 0 Å². The van der Waals surface area contributed by atoms with Crippen molar-refractivity contribution in [1.82, 2.24) is 0 Å². The maximum atomic E-state index is 11.0. The van der Waals surface area contributed by atoms with E-state index >= 15 is 0 Å². The molecule has 0 amide bonds. The van der Waals surface area contributed by atoms with Crippen molar-refractivity contribution in [3.8, 4) is 0 Å². The third kappa shape index (κ3) is 11.0. The Kier molecular flexibility index (Phi) is 11.7. The summed E-state index contributed by atoms with van der Waals surface area (Å²) in [6, 6.07) is 0. The summed E-state index contributed by atoms with van der Waals surface area (Å²) in [5.41, 5.74) is 0. The fourth-order valence-electron chi connectivity index (χ4n) is 2.37. The SMILES string of the molecule is CCCCC/C=C\C/C=C/C=C/C=C/[C@@H]1O[C@H]1CCCC(=O)OC. The molecule has 0 aliphatic carbocycles. The Morgan fingerprint density at radius 2 is 1.88 bits per heavy atom. The van der Waals surface area contributed by atoms with Crippen LogP contribution in [-0.2, 0) is 14.3 Å². The van der Waals surface area contributed by atoms with E-state index < -0.39 is 0 Å². The molecule has 1 fully saturated rings. The average Bonchev–Trinajstić information content (AvgIpc) is 3.34. The van der Waals surface area contributed by atoms with Crippen molar-refractivity contribution in [3.63, 3.8) is 0 Å².